The van der Waals surface area contributed by atoms with E-state index in [0.717, 1.165) is 37.6 Å². The van der Waals surface area contributed by atoms with Gasteiger partial charge in [-0.3, -0.25) is 4.90 Å². The zero-order valence-corrected chi connectivity index (χ0v) is 14.3. The first-order valence-electron chi connectivity index (χ1n) is 8.62. The van der Waals surface area contributed by atoms with Crippen LogP contribution in [-0.2, 0) is 25.7 Å². The number of nitrogens with zero attached hydrogens (tertiary/aromatic N) is 1. The van der Waals surface area contributed by atoms with Crippen molar-refractivity contribution in [2.75, 3.05) is 13.1 Å². The van der Waals surface area contributed by atoms with E-state index in [2.05, 4.69) is 4.90 Å². The summed E-state index contributed by atoms with van der Waals surface area (Å²) in [6.45, 7) is 1.95. The molecule has 6 heteroatoms. The summed E-state index contributed by atoms with van der Waals surface area (Å²) in [5.74, 6) is -0.365. The highest BCUT2D eigenvalue weighted by Crippen LogP contribution is 2.31. The lowest BCUT2D eigenvalue weighted by molar-refractivity contribution is -0.137. The molecule has 0 spiro atoms. The molecule has 1 N–H and O–H groups in total. The van der Waals surface area contributed by atoms with Gasteiger partial charge in [-0.2, -0.15) is 13.2 Å². The maximum Gasteiger partial charge on any atom is 0.416 e. The minimum absolute atomic E-state index is 0.0240. The first-order valence-corrected chi connectivity index (χ1v) is 8.62. The number of aliphatic hydroxyl groups is 1. The highest BCUT2D eigenvalue weighted by molar-refractivity contribution is 5.26. The van der Waals surface area contributed by atoms with Gasteiger partial charge in [-0.05, 0) is 48.6 Å². The molecule has 1 fully saturated rings. The van der Waals surface area contributed by atoms with E-state index >= 15 is 0 Å². The van der Waals surface area contributed by atoms with E-state index in [-0.39, 0.29) is 6.61 Å². The van der Waals surface area contributed by atoms with Crippen molar-refractivity contribution in [2.24, 2.45) is 5.92 Å². The van der Waals surface area contributed by atoms with Gasteiger partial charge in [0.2, 0.25) is 0 Å². The highest BCUT2D eigenvalue weighted by atomic mass is 19.4. The molecule has 1 atom stereocenters. The fourth-order valence-corrected chi connectivity index (χ4v) is 3.43. The van der Waals surface area contributed by atoms with Crippen molar-refractivity contribution >= 4 is 0 Å². The second-order valence-corrected chi connectivity index (χ2v) is 6.87. The predicted molar refractivity (Wildman–Crippen MR) is 90.9 cm³/mol. The van der Waals surface area contributed by atoms with Crippen LogP contribution in [0.25, 0.3) is 0 Å². The Morgan fingerprint density at radius 1 is 1.04 bits per heavy atom. The lowest BCUT2D eigenvalue weighted by Gasteiger charge is -2.17. The standard InChI is InChI=1S/C20H21F4NO/c21-19-10-18(20(22,23)24)6-5-17(19)12-25-8-7-16(11-25)9-14-1-3-15(13-26)4-2-14/h1-6,10,16,26H,7-9,11-13H2/t16-/m1/s1. The van der Waals surface area contributed by atoms with E-state index in [1.807, 2.05) is 24.3 Å². The van der Waals surface area contributed by atoms with Gasteiger partial charge in [0.15, 0.2) is 0 Å². The molecule has 1 saturated heterocycles. The van der Waals surface area contributed by atoms with E-state index in [0.29, 0.717) is 24.1 Å². The van der Waals surface area contributed by atoms with Crippen LogP contribution in [0.15, 0.2) is 42.5 Å². The summed E-state index contributed by atoms with van der Waals surface area (Å²) in [7, 11) is 0. The second kappa shape index (κ2) is 7.76. The predicted octanol–water partition coefficient (Wildman–Crippen LogP) is 4.40. The maximum absolute atomic E-state index is 14.0. The average molecular weight is 367 g/mol. The normalized spacial score (nSPS) is 18.4. The number of rotatable bonds is 5. The lowest BCUT2D eigenvalue weighted by atomic mass is 9.98. The van der Waals surface area contributed by atoms with Crippen molar-refractivity contribution < 1.29 is 22.7 Å². The highest BCUT2D eigenvalue weighted by Gasteiger charge is 2.31. The third kappa shape index (κ3) is 4.62. The van der Waals surface area contributed by atoms with Gasteiger partial charge in [0.1, 0.15) is 5.82 Å². The van der Waals surface area contributed by atoms with Gasteiger partial charge in [-0.15, -0.1) is 0 Å². The molecule has 2 nitrogen and oxygen atoms in total. The first kappa shape index (κ1) is 18.9. The fraction of sp³-hybridized carbons (Fsp3) is 0.400. The number of hydrogen-bond acceptors (Lipinski definition) is 2. The molecule has 2 aromatic rings. The molecule has 0 saturated carbocycles. The summed E-state index contributed by atoms with van der Waals surface area (Å²) in [6.07, 6.45) is -2.65. The molecule has 0 unspecified atom stereocenters. The Morgan fingerprint density at radius 2 is 1.73 bits per heavy atom. The molecular weight excluding hydrogens is 346 g/mol. The Bertz CT molecular complexity index is 742. The van der Waals surface area contributed by atoms with E-state index in [1.54, 1.807) is 0 Å². The Kier molecular flexibility index (Phi) is 5.63. The molecule has 2 aromatic carbocycles. The Morgan fingerprint density at radius 3 is 2.35 bits per heavy atom. The van der Waals surface area contributed by atoms with Crippen LogP contribution < -0.4 is 0 Å². The molecule has 1 heterocycles. The van der Waals surface area contributed by atoms with Gasteiger partial charge in [0.25, 0.3) is 0 Å². The molecule has 0 aliphatic carbocycles. The quantitative estimate of drug-likeness (QED) is 0.792. The van der Waals surface area contributed by atoms with Gasteiger partial charge in [-0.1, -0.05) is 30.3 Å². The fourth-order valence-electron chi connectivity index (χ4n) is 3.43. The number of hydrogen-bond donors (Lipinski definition) is 1. The number of aliphatic hydroxyl groups excluding tert-OH is 1. The van der Waals surface area contributed by atoms with Crippen LogP contribution in [0, 0.1) is 11.7 Å². The summed E-state index contributed by atoms with van der Waals surface area (Å²) in [5, 5.41) is 9.07. The lowest BCUT2D eigenvalue weighted by Crippen LogP contribution is -2.21. The smallest absolute Gasteiger partial charge is 0.392 e. The average Bonchev–Trinajstić information content (AvgIpc) is 3.03. The summed E-state index contributed by atoms with van der Waals surface area (Å²) in [5.41, 5.74) is 1.41. The minimum atomic E-state index is -4.52. The number of likely N-dealkylation sites (tertiary alicyclic amines) is 1. The van der Waals surface area contributed by atoms with Gasteiger partial charge in [0.05, 0.1) is 12.2 Å². The van der Waals surface area contributed by atoms with E-state index in [9.17, 15) is 17.6 Å². The molecule has 0 aromatic heterocycles. The molecule has 1 aliphatic heterocycles. The zero-order valence-electron chi connectivity index (χ0n) is 14.3. The number of alkyl halides is 3. The van der Waals surface area contributed by atoms with Gasteiger partial charge in [0, 0.05) is 18.7 Å². The Hall–Kier alpha value is -1.92. The SMILES string of the molecule is OCc1ccc(C[C@H]2CCN(Cc3ccc(C(F)(F)F)cc3F)C2)cc1. The molecular formula is C20H21F4NO. The molecule has 0 radical (unpaired) electrons. The van der Waals surface area contributed by atoms with Crippen molar-refractivity contribution in [2.45, 2.75) is 32.2 Å². The van der Waals surface area contributed by atoms with E-state index < -0.39 is 17.6 Å². The van der Waals surface area contributed by atoms with Crippen LogP contribution in [0.5, 0.6) is 0 Å². The van der Waals surface area contributed by atoms with Crippen LogP contribution >= 0.6 is 0 Å². The summed E-state index contributed by atoms with van der Waals surface area (Å²) >= 11 is 0. The van der Waals surface area contributed by atoms with Crippen LogP contribution in [0.3, 0.4) is 0 Å². The van der Waals surface area contributed by atoms with Gasteiger partial charge in [-0.25, -0.2) is 4.39 Å². The topological polar surface area (TPSA) is 23.5 Å². The van der Waals surface area contributed by atoms with Gasteiger partial charge < -0.3 is 5.11 Å². The summed E-state index contributed by atoms with van der Waals surface area (Å²) < 4.78 is 51.9. The summed E-state index contributed by atoms with van der Waals surface area (Å²) in [6, 6.07) is 10.6. The van der Waals surface area contributed by atoms with Crippen molar-refractivity contribution in [3.8, 4) is 0 Å². The largest absolute Gasteiger partial charge is 0.416 e. The summed E-state index contributed by atoms with van der Waals surface area (Å²) in [4.78, 5) is 2.08. The molecule has 26 heavy (non-hydrogen) atoms. The van der Waals surface area contributed by atoms with Crippen LogP contribution in [0.2, 0.25) is 0 Å². The third-order valence-corrected chi connectivity index (χ3v) is 4.87. The van der Waals surface area contributed by atoms with Crippen molar-refractivity contribution in [1.82, 2.24) is 4.90 Å². The Labute approximate surface area is 150 Å². The number of benzene rings is 2. The maximum atomic E-state index is 14.0. The van der Waals surface area contributed by atoms with Crippen molar-refractivity contribution in [3.05, 3.63) is 70.5 Å². The van der Waals surface area contributed by atoms with E-state index in [1.165, 1.54) is 11.6 Å². The van der Waals surface area contributed by atoms with Crippen LogP contribution in [0.4, 0.5) is 17.6 Å². The molecule has 3 rings (SSSR count). The zero-order chi connectivity index (χ0) is 18.7. The molecule has 0 bridgehead atoms. The van der Waals surface area contributed by atoms with Crippen LogP contribution in [0.1, 0.15) is 28.7 Å². The monoisotopic (exact) mass is 367 g/mol. The molecule has 140 valence electrons. The molecule has 1 aliphatic rings. The van der Waals surface area contributed by atoms with Gasteiger partial charge >= 0.3 is 6.18 Å². The van der Waals surface area contributed by atoms with Crippen molar-refractivity contribution in [1.29, 1.82) is 0 Å². The second-order valence-electron chi connectivity index (χ2n) is 6.87. The van der Waals surface area contributed by atoms with Crippen molar-refractivity contribution in [3.63, 3.8) is 0 Å². The minimum Gasteiger partial charge on any atom is -0.392 e. The third-order valence-electron chi connectivity index (χ3n) is 4.87. The molecule has 0 amide bonds. The number of halogens is 4. The Balaban J connectivity index is 1.57. The first-order chi connectivity index (χ1) is 12.3. The van der Waals surface area contributed by atoms with E-state index in [4.69, 9.17) is 5.11 Å². The van der Waals surface area contributed by atoms with Crippen LogP contribution in [-0.4, -0.2) is 23.1 Å².